The largest absolute Gasteiger partial charge is 0.384 e. The van der Waals surface area contributed by atoms with E-state index in [9.17, 15) is 8.42 Å². The molecule has 0 saturated carbocycles. The molecule has 7 heteroatoms. The maximum Gasteiger partial charge on any atom is 0.178 e. The standard InChI is InChI=1S/C10H12N4O2S/c1-17(15,16)9-5-13-14(7-9)6-8-2-3-10(11)12-4-8/h2-5,7H,6H2,1H3,(H2,11,12). The maximum absolute atomic E-state index is 11.3. The number of hydrogen-bond donors (Lipinski definition) is 1. The summed E-state index contributed by atoms with van der Waals surface area (Å²) in [4.78, 5) is 4.16. The predicted molar refractivity (Wildman–Crippen MR) is 63.1 cm³/mol. The van der Waals surface area contributed by atoms with Crippen LogP contribution in [0.3, 0.4) is 0 Å². The Balaban J connectivity index is 2.20. The van der Waals surface area contributed by atoms with Crippen molar-refractivity contribution in [1.29, 1.82) is 0 Å². The molecule has 17 heavy (non-hydrogen) atoms. The molecule has 0 radical (unpaired) electrons. The Hall–Kier alpha value is -1.89. The zero-order valence-electron chi connectivity index (χ0n) is 9.24. The quantitative estimate of drug-likeness (QED) is 0.849. The van der Waals surface area contributed by atoms with Crippen molar-refractivity contribution in [2.45, 2.75) is 11.4 Å². The minimum absolute atomic E-state index is 0.209. The fraction of sp³-hybridized carbons (Fsp3) is 0.200. The van der Waals surface area contributed by atoms with Crippen LogP contribution in [-0.2, 0) is 16.4 Å². The van der Waals surface area contributed by atoms with E-state index in [1.54, 1.807) is 16.9 Å². The Morgan fingerprint density at radius 1 is 1.35 bits per heavy atom. The second-order valence-corrected chi connectivity index (χ2v) is 5.75. The first-order valence-corrected chi connectivity index (χ1v) is 6.77. The molecule has 0 atom stereocenters. The van der Waals surface area contributed by atoms with E-state index in [2.05, 4.69) is 10.1 Å². The molecule has 0 saturated heterocycles. The van der Waals surface area contributed by atoms with Crippen LogP contribution in [0.1, 0.15) is 5.56 Å². The second-order valence-electron chi connectivity index (χ2n) is 3.74. The lowest BCUT2D eigenvalue weighted by molar-refractivity contribution is 0.601. The van der Waals surface area contributed by atoms with Crippen LogP contribution in [-0.4, -0.2) is 29.4 Å². The average Bonchev–Trinajstić information content (AvgIpc) is 2.69. The van der Waals surface area contributed by atoms with E-state index in [-0.39, 0.29) is 4.90 Å². The lowest BCUT2D eigenvalue weighted by Gasteiger charge is -2.01. The summed E-state index contributed by atoms with van der Waals surface area (Å²) in [6.45, 7) is 0.461. The Morgan fingerprint density at radius 2 is 2.12 bits per heavy atom. The van der Waals surface area contributed by atoms with E-state index in [1.807, 2.05) is 6.07 Å². The molecule has 0 aliphatic rings. The summed E-state index contributed by atoms with van der Waals surface area (Å²) in [6.07, 6.45) is 5.61. The molecule has 0 aliphatic carbocycles. The lowest BCUT2D eigenvalue weighted by atomic mass is 10.3. The Kier molecular flexibility index (Phi) is 2.84. The van der Waals surface area contributed by atoms with Gasteiger partial charge in [0.15, 0.2) is 9.84 Å². The van der Waals surface area contributed by atoms with Crippen LogP contribution in [0, 0.1) is 0 Å². The van der Waals surface area contributed by atoms with Crippen molar-refractivity contribution >= 4 is 15.7 Å². The van der Waals surface area contributed by atoms with Gasteiger partial charge in [-0.05, 0) is 11.6 Å². The van der Waals surface area contributed by atoms with Gasteiger partial charge in [0.05, 0.1) is 12.7 Å². The topological polar surface area (TPSA) is 90.9 Å². The molecule has 0 bridgehead atoms. The minimum Gasteiger partial charge on any atom is -0.384 e. The molecule has 6 nitrogen and oxygen atoms in total. The maximum atomic E-state index is 11.3. The fourth-order valence-corrected chi connectivity index (χ4v) is 1.89. The number of sulfone groups is 1. The molecular formula is C10H12N4O2S. The summed E-state index contributed by atoms with van der Waals surface area (Å²) in [5.74, 6) is 0.450. The molecule has 2 rings (SSSR count). The molecule has 0 fully saturated rings. The van der Waals surface area contributed by atoms with Crippen molar-refractivity contribution in [1.82, 2.24) is 14.8 Å². The van der Waals surface area contributed by atoms with Gasteiger partial charge in [-0.1, -0.05) is 6.07 Å². The van der Waals surface area contributed by atoms with Gasteiger partial charge in [-0.15, -0.1) is 0 Å². The Bertz CT molecular complexity index is 616. The van der Waals surface area contributed by atoms with E-state index in [0.717, 1.165) is 11.8 Å². The van der Waals surface area contributed by atoms with Crippen LogP contribution in [0.2, 0.25) is 0 Å². The number of nitrogen functional groups attached to an aromatic ring is 1. The summed E-state index contributed by atoms with van der Waals surface area (Å²) in [6, 6.07) is 3.51. The number of pyridine rings is 1. The Labute approximate surface area is 99.0 Å². The number of nitrogens with two attached hydrogens (primary N) is 1. The van der Waals surface area contributed by atoms with Gasteiger partial charge in [0.2, 0.25) is 0 Å². The SMILES string of the molecule is CS(=O)(=O)c1cnn(Cc2ccc(N)nc2)c1. The third kappa shape index (κ3) is 2.82. The van der Waals surface area contributed by atoms with E-state index in [0.29, 0.717) is 12.4 Å². The molecule has 0 unspecified atom stereocenters. The summed E-state index contributed by atoms with van der Waals surface area (Å²) in [7, 11) is -3.20. The van der Waals surface area contributed by atoms with Crippen molar-refractivity contribution in [2.75, 3.05) is 12.0 Å². The molecule has 0 aliphatic heterocycles. The number of anilines is 1. The van der Waals surface area contributed by atoms with E-state index in [1.165, 1.54) is 12.4 Å². The molecule has 0 spiro atoms. The minimum atomic E-state index is -3.20. The summed E-state index contributed by atoms with van der Waals surface area (Å²) in [5, 5.41) is 3.98. The van der Waals surface area contributed by atoms with Crippen LogP contribution in [0.25, 0.3) is 0 Å². The molecule has 2 heterocycles. The van der Waals surface area contributed by atoms with E-state index < -0.39 is 9.84 Å². The normalized spacial score (nSPS) is 11.6. The molecule has 2 aromatic rings. The van der Waals surface area contributed by atoms with Gasteiger partial charge >= 0.3 is 0 Å². The monoisotopic (exact) mass is 252 g/mol. The van der Waals surface area contributed by atoms with Crippen LogP contribution < -0.4 is 5.73 Å². The van der Waals surface area contributed by atoms with Gasteiger partial charge in [-0.3, -0.25) is 4.68 Å². The smallest absolute Gasteiger partial charge is 0.178 e. The van der Waals surface area contributed by atoms with Crippen LogP contribution in [0.15, 0.2) is 35.6 Å². The number of rotatable bonds is 3. The zero-order valence-corrected chi connectivity index (χ0v) is 10.1. The first kappa shape index (κ1) is 11.6. The number of aromatic nitrogens is 3. The number of nitrogens with zero attached hydrogens (tertiary/aromatic N) is 3. The van der Waals surface area contributed by atoms with Gasteiger partial charge in [-0.2, -0.15) is 5.10 Å². The molecule has 2 aromatic heterocycles. The summed E-state index contributed by atoms with van der Waals surface area (Å²) < 4.78 is 24.1. The van der Waals surface area contributed by atoms with E-state index in [4.69, 9.17) is 5.73 Å². The first-order valence-electron chi connectivity index (χ1n) is 4.88. The highest BCUT2D eigenvalue weighted by Gasteiger charge is 2.09. The molecule has 0 aromatic carbocycles. The van der Waals surface area contributed by atoms with Crippen LogP contribution in [0.4, 0.5) is 5.82 Å². The number of hydrogen-bond acceptors (Lipinski definition) is 5. The zero-order chi connectivity index (χ0) is 12.5. The fourth-order valence-electron chi connectivity index (χ4n) is 1.34. The highest BCUT2D eigenvalue weighted by atomic mass is 32.2. The van der Waals surface area contributed by atoms with Crippen LogP contribution >= 0.6 is 0 Å². The highest BCUT2D eigenvalue weighted by molar-refractivity contribution is 7.90. The lowest BCUT2D eigenvalue weighted by Crippen LogP contribution is -2.01. The summed E-state index contributed by atoms with van der Waals surface area (Å²) >= 11 is 0. The first-order chi connectivity index (χ1) is 7.95. The molecular weight excluding hydrogens is 240 g/mol. The highest BCUT2D eigenvalue weighted by Crippen LogP contribution is 2.09. The molecule has 0 amide bonds. The van der Waals surface area contributed by atoms with E-state index >= 15 is 0 Å². The van der Waals surface area contributed by atoms with Crippen molar-refractivity contribution < 1.29 is 8.42 Å². The van der Waals surface area contributed by atoms with Crippen molar-refractivity contribution in [3.8, 4) is 0 Å². The van der Waals surface area contributed by atoms with Gasteiger partial charge < -0.3 is 5.73 Å². The third-order valence-electron chi connectivity index (χ3n) is 2.23. The van der Waals surface area contributed by atoms with Crippen molar-refractivity contribution in [2.24, 2.45) is 0 Å². The Morgan fingerprint density at radius 3 is 2.65 bits per heavy atom. The third-order valence-corrected chi connectivity index (χ3v) is 3.30. The van der Waals surface area contributed by atoms with Gasteiger partial charge in [0, 0.05) is 18.6 Å². The second kappa shape index (κ2) is 4.17. The predicted octanol–water partition coefficient (Wildman–Crippen LogP) is 0.312. The summed E-state index contributed by atoms with van der Waals surface area (Å²) in [5.41, 5.74) is 6.37. The van der Waals surface area contributed by atoms with Crippen LogP contribution in [0.5, 0.6) is 0 Å². The van der Waals surface area contributed by atoms with Gasteiger partial charge in [0.1, 0.15) is 10.7 Å². The molecule has 2 N–H and O–H groups in total. The van der Waals surface area contributed by atoms with Gasteiger partial charge in [0.25, 0.3) is 0 Å². The van der Waals surface area contributed by atoms with Crippen molar-refractivity contribution in [3.05, 3.63) is 36.3 Å². The van der Waals surface area contributed by atoms with Gasteiger partial charge in [-0.25, -0.2) is 13.4 Å². The average molecular weight is 252 g/mol. The van der Waals surface area contributed by atoms with Crippen molar-refractivity contribution in [3.63, 3.8) is 0 Å². The molecule has 90 valence electrons.